The summed E-state index contributed by atoms with van der Waals surface area (Å²) < 4.78 is 32.2. The first kappa shape index (κ1) is 19.8. The third-order valence-electron chi connectivity index (χ3n) is 4.96. The van der Waals surface area contributed by atoms with Gasteiger partial charge in [-0.15, -0.1) is 11.3 Å². The highest BCUT2D eigenvalue weighted by atomic mass is 32.2. The average molecular weight is 432 g/mol. The van der Waals surface area contributed by atoms with E-state index in [1.807, 2.05) is 43.3 Å². The predicted molar refractivity (Wildman–Crippen MR) is 112 cm³/mol. The van der Waals surface area contributed by atoms with Crippen molar-refractivity contribution in [3.05, 3.63) is 58.7 Å². The van der Waals surface area contributed by atoms with E-state index in [0.29, 0.717) is 23.0 Å². The lowest BCUT2D eigenvalue weighted by Crippen LogP contribution is -2.51. The molecule has 0 aliphatic carbocycles. The second-order valence-corrected chi connectivity index (χ2v) is 9.94. The molecule has 9 heteroatoms. The number of anilines is 1. The first-order chi connectivity index (χ1) is 13.9. The van der Waals surface area contributed by atoms with Crippen molar-refractivity contribution in [3.8, 4) is 11.5 Å². The van der Waals surface area contributed by atoms with Crippen molar-refractivity contribution in [1.82, 2.24) is 9.29 Å². The zero-order valence-electron chi connectivity index (χ0n) is 16.1. The highest BCUT2D eigenvalue weighted by Crippen LogP contribution is 2.29. The summed E-state index contributed by atoms with van der Waals surface area (Å²) in [5.74, 6) is 0.965. The van der Waals surface area contributed by atoms with E-state index in [1.165, 1.54) is 15.6 Å². The van der Waals surface area contributed by atoms with Gasteiger partial charge >= 0.3 is 0 Å². The Labute approximate surface area is 173 Å². The maximum atomic E-state index is 13.0. The van der Waals surface area contributed by atoms with Gasteiger partial charge in [0.15, 0.2) is 10.9 Å². The molecular formula is C20H21N3O4S2. The second kappa shape index (κ2) is 7.74. The van der Waals surface area contributed by atoms with Gasteiger partial charge in [-0.1, -0.05) is 24.3 Å². The molecule has 29 heavy (non-hydrogen) atoms. The number of sulfonamides is 1. The number of aryl methyl sites for hydroxylation is 1. The third-order valence-corrected chi connectivity index (χ3v) is 7.54. The topological polar surface area (TPSA) is 92.5 Å². The summed E-state index contributed by atoms with van der Waals surface area (Å²) in [7, 11) is -3.54. The number of nitrogens with zero attached hydrogens (tertiary/aromatic N) is 2. The molecule has 1 atom stereocenters. The highest BCUT2D eigenvalue weighted by molar-refractivity contribution is 7.89. The van der Waals surface area contributed by atoms with E-state index in [1.54, 1.807) is 12.3 Å². The lowest BCUT2D eigenvalue weighted by atomic mass is 9.95. The van der Waals surface area contributed by atoms with E-state index < -0.39 is 16.1 Å². The van der Waals surface area contributed by atoms with Crippen molar-refractivity contribution in [2.24, 2.45) is 0 Å². The molecule has 0 saturated heterocycles. The molecule has 1 amide bonds. The minimum absolute atomic E-state index is 0.0573. The minimum atomic E-state index is -3.54. The lowest BCUT2D eigenvalue weighted by Gasteiger charge is -2.34. The van der Waals surface area contributed by atoms with Gasteiger partial charge in [0.25, 0.3) is 0 Å². The summed E-state index contributed by atoms with van der Waals surface area (Å²) in [6.45, 7) is 3.63. The van der Waals surface area contributed by atoms with Crippen molar-refractivity contribution in [2.45, 2.75) is 32.9 Å². The number of nitrogens with one attached hydrogen (secondary N) is 1. The summed E-state index contributed by atoms with van der Waals surface area (Å²) in [6, 6.07) is 10.5. The van der Waals surface area contributed by atoms with Gasteiger partial charge in [-0.25, -0.2) is 13.4 Å². The van der Waals surface area contributed by atoms with Crippen LogP contribution in [0, 0.1) is 6.92 Å². The number of aromatic nitrogens is 1. The number of furan rings is 1. The second-order valence-electron chi connectivity index (χ2n) is 6.87. The molecule has 0 spiro atoms. The van der Waals surface area contributed by atoms with Gasteiger partial charge in [0.05, 0.1) is 5.75 Å². The van der Waals surface area contributed by atoms with Gasteiger partial charge in [0, 0.05) is 11.9 Å². The summed E-state index contributed by atoms with van der Waals surface area (Å²) in [6.07, 6.45) is 0.330. The maximum Gasteiger partial charge on any atom is 0.244 e. The van der Waals surface area contributed by atoms with Crippen LogP contribution in [0.2, 0.25) is 0 Å². The molecule has 0 radical (unpaired) electrons. The van der Waals surface area contributed by atoms with Crippen molar-refractivity contribution < 1.29 is 17.6 Å². The van der Waals surface area contributed by atoms with E-state index in [9.17, 15) is 13.2 Å². The van der Waals surface area contributed by atoms with E-state index in [2.05, 4.69) is 10.3 Å². The molecule has 3 heterocycles. The van der Waals surface area contributed by atoms with E-state index in [-0.39, 0.29) is 18.2 Å². The minimum Gasteiger partial charge on any atom is -0.460 e. The number of amides is 1. The van der Waals surface area contributed by atoms with Crippen molar-refractivity contribution in [2.75, 3.05) is 11.1 Å². The number of hydrogen-bond donors (Lipinski definition) is 1. The summed E-state index contributed by atoms with van der Waals surface area (Å²) in [5.41, 5.74) is 2.55. The molecular weight excluding hydrogens is 410 g/mol. The Morgan fingerprint density at radius 3 is 2.72 bits per heavy atom. The molecule has 1 aliphatic heterocycles. The Morgan fingerprint density at radius 2 is 2.03 bits per heavy atom. The van der Waals surface area contributed by atoms with Gasteiger partial charge in [-0.05, 0) is 43.5 Å². The number of carbonyl (C=O) groups excluding carboxylic acids is 1. The van der Waals surface area contributed by atoms with Crippen molar-refractivity contribution >= 4 is 32.4 Å². The monoisotopic (exact) mass is 431 g/mol. The number of thiazole rings is 1. The fourth-order valence-corrected chi connectivity index (χ4v) is 5.31. The molecule has 152 valence electrons. The largest absolute Gasteiger partial charge is 0.460 e. The Morgan fingerprint density at radius 1 is 1.28 bits per heavy atom. The van der Waals surface area contributed by atoms with Crippen LogP contribution in [0.4, 0.5) is 5.13 Å². The van der Waals surface area contributed by atoms with E-state index in [0.717, 1.165) is 16.9 Å². The molecule has 0 fully saturated rings. The van der Waals surface area contributed by atoms with Crippen LogP contribution in [0.5, 0.6) is 0 Å². The molecule has 0 bridgehead atoms. The van der Waals surface area contributed by atoms with Crippen LogP contribution in [0.15, 0.2) is 46.2 Å². The van der Waals surface area contributed by atoms with Crippen LogP contribution >= 0.6 is 11.3 Å². The van der Waals surface area contributed by atoms with Gasteiger partial charge in [0.2, 0.25) is 15.9 Å². The van der Waals surface area contributed by atoms with Gasteiger partial charge in [-0.2, -0.15) is 4.31 Å². The molecule has 1 aliphatic rings. The number of rotatable bonds is 5. The Kier molecular flexibility index (Phi) is 5.28. The first-order valence-corrected chi connectivity index (χ1v) is 11.8. The summed E-state index contributed by atoms with van der Waals surface area (Å²) >= 11 is 1.28. The standard InChI is InChI=1S/C20H21N3O4S2/c1-3-29(25,26)23-11-15-7-5-4-6-14(15)10-17(23)19(24)22-20-21-16(12-28-20)18-9-8-13(2)27-18/h4-9,12,17H,3,10-11H2,1-2H3,(H,21,22,24). The quantitative estimate of drug-likeness (QED) is 0.668. The van der Waals surface area contributed by atoms with Crippen LogP contribution in [-0.2, 0) is 27.8 Å². The SMILES string of the molecule is CCS(=O)(=O)N1Cc2ccccc2CC1C(=O)Nc1nc(-c2ccc(C)o2)cs1. The van der Waals surface area contributed by atoms with E-state index in [4.69, 9.17) is 4.42 Å². The summed E-state index contributed by atoms with van der Waals surface area (Å²) in [5, 5.41) is 4.99. The third kappa shape index (κ3) is 3.98. The zero-order chi connectivity index (χ0) is 20.6. The van der Waals surface area contributed by atoms with E-state index >= 15 is 0 Å². The predicted octanol–water partition coefficient (Wildman–Crippen LogP) is 3.43. The Balaban J connectivity index is 1.58. The molecule has 2 aromatic heterocycles. The number of carbonyl (C=O) groups is 1. The molecule has 4 rings (SSSR count). The molecule has 0 saturated carbocycles. The van der Waals surface area contributed by atoms with Gasteiger partial charge < -0.3 is 9.73 Å². The summed E-state index contributed by atoms with van der Waals surface area (Å²) in [4.78, 5) is 17.4. The van der Waals surface area contributed by atoms with Crippen LogP contribution in [0.25, 0.3) is 11.5 Å². The van der Waals surface area contributed by atoms with Crippen LogP contribution in [0.3, 0.4) is 0 Å². The number of fused-ring (bicyclic) bond motifs is 1. The van der Waals surface area contributed by atoms with Crippen molar-refractivity contribution in [1.29, 1.82) is 0 Å². The normalized spacial score (nSPS) is 17.1. The molecule has 1 N–H and O–H groups in total. The molecule has 3 aromatic rings. The molecule has 1 unspecified atom stereocenters. The Bertz CT molecular complexity index is 1150. The van der Waals surface area contributed by atoms with Gasteiger partial charge in [-0.3, -0.25) is 4.79 Å². The van der Waals surface area contributed by atoms with Gasteiger partial charge in [0.1, 0.15) is 17.5 Å². The Hall–Kier alpha value is -2.49. The smallest absolute Gasteiger partial charge is 0.244 e. The van der Waals surface area contributed by atoms with Crippen molar-refractivity contribution in [3.63, 3.8) is 0 Å². The van der Waals surface area contributed by atoms with Crippen LogP contribution in [0.1, 0.15) is 23.8 Å². The fourth-order valence-electron chi connectivity index (χ4n) is 3.39. The molecule has 7 nitrogen and oxygen atoms in total. The fraction of sp³-hybridized carbons (Fsp3) is 0.300. The zero-order valence-corrected chi connectivity index (χ0v) is 17.7. The highest BCUT2D eigenvalue weighted by Gasteiger charge is 2.38. The van der Waals surface area contributed by atoms with Crippen LogP contribution in [-0.4, -0.2) is 35.4 Å². The molecule has 1 aromatic carbocycles. The maximum absolute atomic E-state index is 13.0. The lowest BCUT2D eigenvalue weighted by molar-refractivity contribution is -0.120. The number of benzene rings is 1. The number of hydrogen-bond acceptors (Lipinski definition) is 6. The first-order valence-electron chi connectivity index (χ1n) is 9.27. The average Bonchev–Trinajstić information content (AvgIpc) is 3.35. The van der Waals surface area contributed by atoms with Crippen LogP contribution < -0.4 is 5.32 Å².